The number of nitrogens with zero attached hydrogens (tertiary/aromatic N) is 2. The van der Waals surface area contributed by atoms with E-state index in [1.165, 1.54) is 10.6 Å². The van der Waals surface area contributed by atoms with Gasteiger partial charge in [-0.25, -0.2) is 0 Å². The average Bonchev–Trinajstić information content (AvgIpc) is 2.56. The molecule has 23 heavy (non-hydrogen) atoms. The maximum absolute atomic E-state index is 12.7. The molecule has 0 saturated heterocycles. The minimum Gasteiger partial charge on any atom is -0.497 e. The summed E-state index contributed by atoms with van der Waals surface area (Å²) in [6, 6.07) is 10.6. The van der Waals surface area contributed by atoms with E-state index >= 15 is 0 Å². The minimum absolute atomic E-state index is 0.0865. The summed E-state index contributed by atoms with van der Waals surface area (Å²) in [7, 11) is 1.62. The van der Waals surface area contributed by atoms with Crippen LogP contribution < -0.4 is 16.0 Å². The fraction of sp³-hybridized carbons (Fsp3) is 0.294. The van der Waals surface area contributed by atoms with E-state index in [-0.39, 0.29) is 23.2 Å². The van der Waals surface area contributed by atoms with Crippen molar-refractivity contribution >= 4 is 11.6 Å². The van der Waals surface area contributed by atoms with Crippen LogP contribution in [0, 0.1) is 0 Å². The Labute approximate surface area is 134 Å². The molecule has 2 N–H and O–H groups in total. The third kappa shape index (κ3) is 2.67. The number of ether oxygens (including phenoxy) is 1. The molecule has 6 nitrogen and oxygen atoms in total. The highest BCUT2D eigenvalue weighted by molar-refractivity contribution is 5.93. The maximum Gasteiger partial charge on any atom is 0.274 e. The predicted octanol–water partition coefficient (Wildman–Crippen LogP) is 1.48. The lowest BCUT2D eigenvalue weighted by atomic mass is 10.1. The second-order valence-corrected chi connectivity index (χ2v) is 5.72. The molecular formula is C17H19N3O3. The topological polar surface area (TPSA) is 77.6 Å². The Kier molecular flexibility index (Phi) is 3.82. The van der Waals surface area contributed by atoms with Crippen LogP contribution in [0.4, 0.5) is 5.69 Å². The standard InChI is InChI=1S/C17H19N3O3/c1-11-9-20-15(8-7-14(18)16(20)21)17(22)19(11)10-12-3-5-13(23-2)6-4-12/h3-8,11H,9-10,18H2,1-2H3. The van der Waals surface area contributed by atoms with Crippen LogP contribution >= 0.6 is 0 Å². The molecule has 3 rings (SSSR count). The molecule has 2 aromatic rings. The highest BCUT2D eigenvalue weighted by Crippen LogP contribution is 2.20. The van der Waals surface area contributed by atoms with Crippen LogP contribution in [0.5, 0.6) is 5.75 Å². The summed E-state index contributed by atoms with van der Waals surface area (Å²) in [5, 5.41) is 0. The molecule has 0 radical (unpaired) electrons. The molecule has 1 amide bonds. The molecule has 0 fully saturated rings. The first-order valence-corrected chi connectivity index (χ1v) is 7.44. The van der Waals surface area contributed by atoms with Gasteiger partial charge < -0.3 is 19.9 Å². The van der Waals surface area contributed by atoms with E-state index in [9.17, 15) is 9.59 Å². The SMILES string of the molecule is COc1ccc(CN2C(=O)c3ccc(N)c(=O)n3CC2C)cc1. The molecule has 1 aliphatic rings. The molecular weight excluding hydrogens is 294 g/mol. The summed E-state index contributed by atoms with van der Waals surface area (Å²) >= 11 is 0. The first kappa shape index (κ1) is 15.1. The van der Waals surface area contributed by atoms with Crippen molar-refractivity contribution in [1.29, 1.82) is 0 Å². The van der Waals surface area contributed by atoms with Crippen LogP contribution in [0.1, 0.15) is 23.0 Å². The largest absolute Gasteiger partial charge is 0.497 e. The van der Waals surface area contributed by atoms with Gasteiger partial charge in [-0.05, 0) is 36.8 Å². The Bertz CT molecular complexity index is 796. The summed E-state index contributed by atoms with van der Waals surface area (Å²) in [6.45, 7) is 2.86. The monoisotopic (exact) mass is 313 g/mol. The Morgan fingerprint density at radius 2 is 1.87 bits per heavy atom. The van der Waals surface area contributed by atoms with Gasteiger partial charge in [-0.1, -0.05) is 12.1 Å². The molecule has 1 aliphatic heterocycles. The number of fused-ring (bicyclic) bond motifs is 1. The quantitative estimate of drug-likeness (QED) is 0.931. The molecule has 1 unspecified atom stereocenters. The van der Waals surface area contributed by atoms with E-state index in [1.807, 2.05) is 31.2 Å². The number of amides is 1. The lowest BCUT2D eigenvalue weighted by molar-refractivity contribution is 0.0590. The van der Waals surface area contributed by atoms with E-state index < -0.39 is 0 Å². The first-order chi connectivity index (χ1) is 11.0. The zero-order valence-electron chi connectivity index (χ0n) is 13.2. The molecule has 1 atom stereocenters. The van der Waals surface area contributed by atoms with Crippen molar-refractivity contribution < 1.29 is 9.53 Å². The van der Waals surface area contributed by atoms with Crippen LogP contribution in [0.25, 0.3) is 0 Å². The number of carbonyl (C=O) groups is 1. The van der Waals surface area contributed by atoms with Crippen LogP contribution in [0.2, 0.25) is 0 Å². The molecule has 6 heteroatoms. The molecule has 0 saturated carbocycles. The number of hydrogen-bond acceptors (Lipinski definition) is 4. The fourth-order valence-corrected chi connectivity index (χ4v) is 2.83. The normalized spacial score (nSPS) is 17.0. The Hall–Kier alpha value is -2.76. The zero-order chi connectivity index (χ0) is 16.6. The van der Waals surface area contributed by atoms with Gasteiger partial charge in [0.15, 0.2) is 0 Å². The van der Waals surface area contributed by atoms with Crippen LogP contribution in [-0.4, -0.2) is 28.5 Å². The smallest absolute Gasteiger partial charge is 0.274 e. The van der Waals surface area contributed by atoms with Gasteiger partial charge in [0.05, 0.1) is 12.8 Å². The number of methoxy groups -OCH3 is 1. The molecule has 1 aromatic carbocycles. The number of nitrogen functional groups attached to an aromatic ring is 1. The first-order valence-electron chi connectivity index (χ1n) is 7.44. The molecule has 1 aromatic heterocycles. The fourth-order valence-electron chi connectivity index (χ4n) is 2.83. The second kappa shape index (κ2) is 5.79. The number of carbonyl (C=O) groups excluding carboxylic acids is 1. The number of pyridine rings is 1. The second-order valence-electron chi connectivity index (χ2n) is 5.72. The minimum atomic E-state index is -0.299. The zero-order valence-corrected chi connectivity index (χ0v) is 13.2. The highest BCUT2D eigenvalue weighted by Gasteiger charge is 2.30. The Balaban J connectivity index is 1.90. The molecule has 2 heterocycles. The summed E-state index contributed by atoms with van der Waals surface area (Å²) in [6.07, 6.45) is 0. The van der Waals surface area contributed by atoms with Gasteiger partial charge in [0.2, 0.25) is 0 Å². The summed E-state index contributed by atoms with van der Waals surface area (Å²) in [5.41, 5.74) is 6.91. The number of benzene rings is 1. The van der Waals surface area contributed by atoms with Gasteiger partial charge in [0, 0.05) is 19.1 Å². The average molecular weight is 313 g/mol. The van der Waals surface area contributed by atoms with Gasteiger partial charge >= 0.3 is 0 Å². The molecule has 120 valence electrons. The third-order valence-corrected chi connectivity index (χ3v) is 4.17. The van der Waals surface area contributed by atoms with E-state index in [4.69, 9.17) is 10.5 Å². The maximum atomic E-state index is 12.7. The Morgan fingerprint density at radius 1 is 1.17 bits per heavy atom. The summed E-state index contributed by atoms with van der Waals surface area (Å²) in [5.74, 6) is 0.621. The van der Waals surface area contributed by atoms with E-state index in [2.05, 4.69) is 0 Å². The number of hydrogen-bond donors (Lipinski definition) is 1. The van der Waals surface area contributed by atoms with Gasteiger partial charge in [0.1, 0.15) is 11.4 Å². The van der Waals surface area contributed by atoms with E-state index in [0.717, 1.165) is 11.3 Å². The van der Waals surface area contributed by atoms with Crippen molar-refractivity contribution in [3.63, 3.8) is 0 Å². The van der Waals surface area contributed by atoms with Crippen molar-refractivity contribution in [2.45, 2.75) is 26.1 Å². The lowest BCUT2D eigenvalue weighted by Crippen LogP contribution is -2.49. The lowest BCUT2D eigenvalue weighted by Gasteiger charge is -2.35. The number of anilines is 1. The van der Waals surface area contributed by atoms with Crippen molar-refractivity contribution in [1.82, 2.24) is 9.47 Å². The van der Waals surface area contributed by atoms with Crippen LogP contribution in [0.15, 0.2) is 41.2 Å². The number of rotatable bonds is 3. The highest BCUT2D eigenvalue weighted by atomic mass is 16.5. The van der Waals surface area contributed by atoms with Gasteiger partial charge in [-0.15, -0.1) is 0 Å². The number of nitrogens with two attached hydrogens (primary N) is 1. The van der Waals surface area contributed by atoms with Crippen molar-refractivity contribution in [2.24, 2.45) is 0 Å². The molecule has 0 bridgehead atoms. The molecule has 0 spiro atoms. The van der Waals surface area contributed by atoms with Crippen molar-refractivity contribution in [3.8, 4) is 5.75 Å². The van der Waals surface area contributed by atoms with Crippen LogP contribution in [-0.2, 0) is 13.1 Å². The molecule has 0 aliphatic carbocycles. The van der Waals surface area contributed by atoms with Gasteiger partial charge in [-0.3, -0.25) is 9.59 Å². The van der Waals surface area contributed by atoms with Crippen LogP contribution in [0.3, 0.4) is 0 Å². The predicted molar refractivity (Wildman–Crippen MR) is 87.4 cm³/mol. The Morgan fingerprint density at radius 3 is 2.52 bits per heavy atom. The van der Waals surface area contributed by atoms with E-state index in [1.54, 1.807) is 18.1 Å². The number of aromatic nitrogens is 1. The van der Waals surface area contributed by atoms with Crippen molar-refractivity contribution in [3.05, 3.63) is 58.0 Å². The van der Waals surface area contributed by atoms with Crippen molar-refractivity contribution in [2.75, 3.05) is 12.8 Å². The van der Waals surface area contributed by atoms with E-state index in [0.29, 0.717) is 18.8 Å². The summed E-state index contributed by atoms with van der Waals surface area (Å²) in [4.78, 5) is 26.6. The third-order valence-electron chi connectivity index (χ3n) is 4.17. The summed E-state index contributed by atoms with van der Waals surface area (Å²) < 4.78 is 6.61. The van der Waals surface area contributed by atoms with Gasteiger partial charge in [0.25, 0.3) is 11.5 Å². The van der Waals surface area contributed by atoms with Gasteiger partial charge in [-0.2, -0.15) is 0 Å².